The molecule has 0 bridgehead atoms. The lowest BCUT2D eigenvalue weighted by Crippen LogP contribution is -2.52. The van der Waals surface area contributed by atoms with Gasteiger partial charge in [0.1, 0.15) is 6.04 Å². The third-order valence-corrected chi connectivity index (χ3v) is 3.92. The van der Waals surface area contributed by atoms with Gasteiger partial charge in [0.25, 0.3) is 0 Å². The molecule has 0 aliphatic carbocycles. The van der Waals surface area contributed by atoms with Gasteiger partial charge in [-0.15, -0.1) is 11.3 Å². The van der Waals surface area contributed by atoms with E-state index in [1.54, 1.807) is 11.3 Å². The molecule has 1 aromatic heterocycles. The minimum atomic E-state index is -0.563. The van der Waals surface area contributed by atoms with Crippen LogP contribution in [0.15, 0.2) is 17.5 Å². The van der Waals surface area contributed by atoms with Crippen molar-refractivity contribution in [3.05, 3.63) is 22.4 Å². The maximum atomic E-state index is 11.7. The van der Waals surface area contributed by atoms with Crippen LogP contribution < -0.4 is 10.6 Å². The third-order valence-electron chi connectivity index (χ3n) is 2.98. The summed E-state index contributed by atoms with van der Waals surface area (Å²) >= 11 is 1.68. The molecule has 2 rings (SSSR count). The first-order valence-corrected chi connectivity index (χ1v) is 7.18. The van der Waals surface area contributed by atoms with E-state index in [2.05, 4.69) is 10.6 Å². The van der Waals surface area contributed by atoms with Crippen LogP contribution in [0.3, 0.4) is 0 Å². The van der Waals surface area contributed by atoms with Crippen molar-refractivity contribution < 1.29 is 14.4 Å². The number of thiophene rings is 1. The summed E-state index contributed by atoms with van der Waals surface area (Å²) < 4.78 is 0. The smallest absolute Gasteiger partial charge is 0.249 e. The molecular formula is C13H16N2O3S. The lowest BCUT2D eigenvalue weighted by atomic mass is 10.1. The highest BCUT2D eigenvalue weighted by Crippen LogP contribution is 2.12. The monoisotopic (exact) mass is 280 g/mol. The lowest BCUT2D eigenvalue weighted by Gasteiger charge is -2.21. The van der Waals surface area contributed by atoms with Gasteiger partial charge in [0.2, 0.25) is 17.7 Å². The lowest BCUT2D eigenvalue weighted by molar-refractivity contribution is -0.137. The first-order valence-electron chi connectivity index (χ1n) is 6.30. The molecule has 1 atom stereocenters. The van der Waals surface area contributed by atoms with Gasteiger partial charge in [-0.05, 0) is 30.7 Å². The average molecular weight is 280 g/mol. The fraction of sp³-hybridized carbons (Fsp3) is 0.462. The van der Waals surface area contributed by atoms with Crippen molar-refractivity contribution in [1.29, 1.82) is 0 Å². The molecule has 1 fully saturated rings. The summed E-state index contributed by atoms with van der Waals surface area (Å²) in [6, 6.07) is 3.47. The largest absolute Gasteiger partial charge is 0.344 e. The zero-order valence-electron chi connectivity index (χ0n) is 10.5. The van der Waals surface area contributed by atoms with Crippen LogP contribution in [0.2, 0.25) is 0 Å². The number of aryl methyl sites for hydroxylation is 1. The molecule has 0 spiro atoms. The van der Waals surface area contributed by atoms with Gasteiger partial charge >= 0.3 is 0 Å². The molecular weight excluding hydrogens is 264 g/mol. The number of nitrogens with one attached hydrogen (secondary N) is 2. The molecule has 1 aliphatic heterocycles. The van der Waals surface area contributed by atoms with Crippen LogP contribution in [0.4, 0.5) is 0 Å². The molecule has 5 nitrogen and oxygen atoms in total. The van der Waals surface area contributed by atoms with Crippen molar-refractivity contribution in [1.82, 2.24) is 10.6 Å². The van der Waals surface area contributed by atoms with E-state index < -0.39 is 11.9 Å². The Morgan fingerprint density at radius 1 is 1.47 bits per heavy atom. The maximum Gasteiger partial charge on any atom is 0.249 e. The molecule has 6 heteroatoms. The Balaban J connectivity index is 1.69. The van der Waals surface area contributed by atoms with E-state index in [0.717, 1.165) is 12.8 Å². The van der Waals surface area contributed by atoms with Crippen molar-refractivity contribution in [2.24, 2.45) is 0 Å². The molecule has 0 aromatic carbocycles. The van der Waals surface area contributed by atoms with Crippen LogP contribution in [0, 0.1) is 0 Å². The fourth-order valence-electron chi connectivity index (χ4n) is 1.98. The number of rotatable bonds is 5. The Hall–Kier alpha value is -1.69. The molecule has 2 N–H and O–H groups in total. The van der Waals surface area contributed by atoms with Gasteiger partial charge in [-0.25, -0.2) is 0 Å². The first-order chi connectivity index (χ1) is 9.15. The second-order valence-corrected chi connectivity index (χ2v) is 5.54. The normalized spacial score (nSPS) is 19.1. The Labute approximate surface area is 115 Å². The van der Waals surface area contributed by atoms with E-state index in [1.807, 2.05) is 17.5 Å². The fourth-order valence-corrected chi connectivity index (χ4v) is 2.73. The molecule has 1 aromatic rings. The molecule has 2 heterocycles. The van der Waals surface area contributed by atoms with Gasteiger partial charge in [-0.1, -0.05) is 6.07 Å². The summed E-state index contributed by atoms with van der Waals surface area (Å²) in [5, 5.41) is 6.90. The summed E-state index contributed by atoms with van der Waals surface area (Å²) in [5.74, 6) is -0.804. The highest BCUT2D eigenvalue weighted by Gasteiger charge is 2.27. The standard InChI is InChI=1S/C13H16N2O3S/c16-11(5-1-3-9-4-2-8-19-9)14-10-6-7-12(17)15-13(10)18/h2,4,8,10H,1,3,5-7H2,(H,14,16)(H,15,17,18). The summed E-state index contributed by atoms with van der Waals surface area (Å²) in [4.78, 5) is 35.4. The predicted octanol–water partition coefficient (Wildman–Crippen LogP) is 0.992. The molecule has 0 radical (unpaired) electrons. The van der Waals surface area contributed by atoms with E-state index in [1.165, 1.54) is 4.88 Å². The van der Waals surface area contributed by atoms with Gasteiger partial charge < -0.3 is 5.32 Å². The molecule has 1 unspecified atom stereocenters. The number of imide groups is 1. The van der Waals surface area contributed by atoms with Crippen LogP contribution in [0.25, 0.3) is 0 Å². The van der Waals surface area contributed by atoms with Crippen molar-refractivity contribution in [2.45, 2.75) is 38.1 Å². The van der Waals surface area contributed by atoms with Gasteiger partial charge in [-0.3, -0.25) is 19.7 Å². The van der Waals surface area contributed by atoms with Crippen LogP contribution in [0.1, 0.15) is 30.6 Å². The summed E-state index contributed by atoms with van der Waals surface area (Å²) in [7, 11) is 0. The molecule has 3 amide bonds. The first kappa shape index (κ1) is 13.7. The van der Waals surface area contributed by atoms with Crippen LogP contribution >= 0.6 is 11.3 Å². The van der Waals surface area contributed by atoms with E-state index in [4.69, 9.17) is 0 Å². The van der Waals surface area contributed by atoms with E-state index in [9.17, 15) is 14.4 Å². The molecule has 1 saturated heterocycles. The highest BCUT2D eigenvalue weighted by molar-refractivity contribution is 7.09. The summed E-state index contributed by atoms with van der Waals surface area (Å²) in [6.45, 7) is 0. The third kappa shape index (κ3) is 4.17. The highest BCUT2D eigenvalue weighted by atomic mass is 32.1. The Morgan fingerprint density at radius 2 is 2.32 bits per heavy atom. The minimum absolute atomic E-state index is 0.133. The van der Waals surface area contributed by atoms with E-state index >= 15 is 0 Å². The second-order valence-electron chi connectivity index (χ2n) is 4.50. The Kier molecular flexibility index (Phi) is 4.68. The maximum absolute atomic E-state index is 11.7. The zero-order chi connectivity index (χ0) is 13.7. The van der Waals surface area contributed by atoms with Crippen molar-refractivity contribution in [3.63, 3.8) is 0 Å². The minimum Gasteiger partial charge on any atom is -0.344 e. The summed E-state index contributed by atoms with van der Waals surface area (Å²) in [6.07, 6.45) is 2.71. The SMILES string of the molecule is O=C1CCC(NC(=O)CCCc2cccs2)C(=O)N1. The number of piperidine rings is 1. The van der Waals surface area contributed by atoms with Crippen LogP contribution in [0.5, 0.6) is 0 Å². The number of carbonyl (C=O) groups excluding carboxylic acids is 3. The molecule has 0 saturated carbocycles. The average Bonchev–Trinajstić information content (AvgIpc) is 2.86. The van der Waals surface area contributed by atoms with Gasteiger partial charge in [0, 0.05) is 17.7 Å². The van der Waals surface area contributed by atoms with Gasteiger partial charge in [0.15, 0.2) is 0 Å². The number of amides is 3. The zero-order valence-corrected chi connectivity index (χ0v) is 11.3. The quantitative estimate of drug-likeness (QED) is 0.790. The predicted molar refractivity (Wildman–Crippen MR) is 71.6 cm³/mol. The number of hydrogen-bond donors (Lipinski definition) is 2. The number of hydrogen-bond acceptors (Lipinski definition) is 4. The molecule has 1 aliphatic rings. The topological polar surface area (TPSA) is 75.3 Å². The Bertz CT molecular complexity index is 470. The second kappa shape index (κ2) is 6.47. The van der Waals surface area contributed by atoms with Crippen LogP contribution in [-0.2, 0) is 20.8 Å². The van der Waals surface area contributed by atoms with Crippen molar-refractivity contribution in [3.8, 4) is 0 Å². The number of carbonyl (C=O) groups is 3. The molecule has 102 valence electrons. The van der Waals surface area contributed by atoms with Gasteiger partial charge in [-0.2, -0.15) is 0 Å². The molecule has 19 heavy (non-hydrogen) atoms. The van der Waals surface area contributed by atoms with Crippen molar-refractivity contribution >= 4 is 29.1 Å². The van der Waals surface area contributed by atoms with E-state index in [-0.39, 0.29) is 18.2 Å². The summed E-state index contributed by atoms with van der Waals surface area (Å²) in [5.41, 5.74) is 0. The van der Waals surface area contributed by atoms with E-state index in [0.29, 0.717) is 12.8 Å². The van der Waals surface area contributed by atoms with Crippen molar-refractivity contribution in [2.75, 3.05) is 0 Å². The van der Waals surface area contributed by atoms with Gasteiger partial charge in [0.05, 0.1) is 0 Å². The Morgan fingerprint density at radius 3 is 3.00 bits per heavy atom. The van der Waals surface area contributed by atoms with Crippen LogP contribution in [-0.4, -0.2) is 23.8 Å².